The number of hydrogen-bond acceptors (Lipinski definition) is 3. The number of rotatable bonds is 4. The Bertz CT molecular complexity index is 484. The maximum atomic E-state index is 12.0. The summed E-state index contributed by atoms with van der Waals surface area (Å²) in [6, 6.07) is 1.65. The quantitative estimate of drug-likeness (QED) is 0.775. The van der Waals surface area contributed by atoms with Crippen molar-refractivity contribution in [2.24, 2.45) is 5.92 Å². The highest BCUT2D eigenvalue weighted by Gasteiger charge is 2.20. The largest absolute Gasteiger partial charge is 0.384 e. The molecule has 0 aromatic carbocycles. The lowest BCUT2D eigenvalue weighted by atomic mass is 10.1. The van der Waals surface area contributed by atoms with Crippen LogP contribution < -0.4 is 5.32 Å². The molecule has 4 nitrogen and oxygen atoms in total. The summed E-state index contributed by atoms with van der Waals surface area (Å²) < 4.78 is 0. The van der Waals surface area contributed by atoms with Gasteiger partial charge in [0.1, 0.15) is 6.61 Å². The monoisotopic (exact) mass is 244 g/mol. The van der Waals surface area contributed by atoms with E-state index in [1.54, 1.807) is 18.5 Å². The number of carbonyl (C=O) groups excluding carboxylic acids is 1. The third kappa shape index (κ3) is 3.57. The van der Waals surface area contributed by atoms with Crippen LogP contribution in [0.5, 0.6) is 0 Å². The van der Waals surface area contributed by atoms with Gasteiger partial charge in [-0.3, -0.25) is 9.78 Å². The predicted octanol–water partition coefficient (Wildman–Crippen LogP) is 0.955. The molecule has 0 spiro atoms. The van der Waals surface area contributed by atoms with E-state index in [0.717, 1.165) is 12.3 Å². The molecule has 1 aromatic rings. The van der Waals surface area contributed by atoms with E-state index in [9.17, 15) is 4.79 Å². The second-order valence-electron chi connectivity index (χ2n) is 4.37. The molecule has 94 valence electrons. The Kier molecular flexibility index (Phi) is 4.32. The SMILES string of the molecule is O=C(NCCC1CC1)c1ccncc1C#CCO. The summed E-state index contributed by atoms with van der Waals surface area (Å²) in [6.45, 7) is 0.482. The molecule has 1 aliphatic rings. The molecule has 0 aliphatic heterocycles. The second kappa shape index (κ2) is 6.18. The van der Waals surface area contributed by atoms with E-state index in [-0.39, 0.29) is 12.5 Å². The van der Waals surface area contributed by atoms with Crippen LogP contribution in [0.2, 0.25) is 0 Å². The molecule has 2 N–H and O–H groups in total. The second-order valence-corrected chi connectivity index (χ2v) is 4.37. The van der Waals surface area contributed by atoms with Gasteiger partial charge in [0.2, 0.25) is 0 Å². The van der Waals surface area contributed by atoms with Gasteiger partial charge in [0.25, 0.3) is 5.91 Å². The Hall–Kier alpha value is -1.86. The third-order valence-corrected chi connectivity index (χ3v) is 2.90. The van der Waals surface area contributed by atoms with Crippen molar-refractivity contribution in [1.82, 2.24) is 10.3 Å². The predicted molar refractivity (Wildman–Crippen MR) is 67.9 cm³/mol. The molecule has 1 saturated carbocycles. The molecule has 0 radical (unpaired) electrons. The Morgan fingerprint density at radius 3 is 3.11 bits per heavy atom. The van der Waals surface area contributed by atoms with Crippen LogP contribution >= 0.6 is 0 Å². The van der Waals surface area contributed by atoms with Crippen LogP contribution in [-0.2, 0) is 0 Å². The van der Waals surface area contributed by atoms with Gasteiger partial charge >= 0.3 is 0 Å². The molecule has 0 atom stereocenters. The van der Waals surface area contributed by atoms with Crippen LogP contribution in [0, 0.1) is 17.8 Å². The number of hydrogen-bond donors (Lipinski definition) is 2. The van der Waals surface area contributed by atoms with Gasteiger partial charge in [-0.2, -0.15) is 0 Å². The minimum atomic E-state index is -0.225. The summed E-state index contributed by atoms with van der Waals surface area (Å²) >= 11 is 0. The van der Waals surface area contributed by atoms with Crippen molar-refractivity contribution in [2.75, 3.05) is 13.2 Å². The van der Waals surface area contributed by atoms with Gasteiger partial charge in [-0.05, 0) is 18.4 Å². The van der Waals surface area contributed by atoms with Crippen molar-refractivity contribution >= 4 is 5.91 Å². The van der Waals surface area contributed by atoms with Gasteiger partial charge in [-0.1, -0.05) is 24.7 Å². The molecule has 1 fully saturated rings. The van der Waals surface area contributed by atoms with Crippen LogP contribution in [-0.4, -0.2) is 29.1 Å². The molecular weight excluding hydrogens is 228 g/mol. The molecule has 18 heavy (non-hydrogen) atoms. The number of nitrogens with zero attached hydrogens (tertiary/aromatic N) is 1. The smallest absolute Gasteiger partial charge is 0.252 e. The summed E-state index contributed by atoms with van der Waals surface area (Å²) in [6.07, 6.45) is 6.74. The number of aliphatic hydroxyl groups is 1. The van der Waals surface area contributed by atoms with E-state index >= 15 is 0 Å². The molecule has 4 heteroatoms. The fourth-order valence-corrected chi connectivity index (χ4v) is 1.72. The van der Waals surface area contributed by atoms with E-state index in [0.29, 0.717) is 17.7 Å². The fraction of sp³-hybridized carbons (Fsp3) is 0.429. The first-order valence-electron chi connectivity index (χ1n) is 6.13. The molecule has 1 aliphatic carbocycles. The zero-order valence-electron chi connectivity index (χ0n) is 10.1. The van der Waals surface area contributed by atoms with Crippen LogP contribution in [0.3, 0.4) is 0 Å². The minimum absolute atomic E-state index is 0.125. The van der Waals surface area contributed by atoms with Crippen LogP contribution in [0.15, 0.2) is 18.5 Å². The molecule has 0 saturated heterocycles. The van der Waals surface area contributed by atoms with Crippen molar-refractivity contribution in [3.05, 3.63) is 29.6 Å². The maximum absolute atomic E-state index is 12.0. The van der Waals surface area contributed by atoms with E-state index in [1.807, 2.05) is 0 Å². The third-order valence-electron chi connectivity index (χ3n) is 2.90. The van der Waals surface area contributed by atoms with Crippen molar-refractivity contribution in [2.45, 2.75) is 19.3 Å². The molecule has 1 heterocycles. The lowest BCUT2D eigenvalue weighted by molar-refractivity contribution is 0.0952. The number of pyridine rings is 1. The topological polar surface area (TPSA) is 62.2 Å². The fourth-order valence-electron chi connectivity index (χ4n) is 1.72. The first-order valence-corrected chi connectivity index (χ1v) is 6.13. The highest BCUT2D eigenvalue weighted by Crippen LogP contribution is 2.31. The van der Waals surface area contributed by atoms with Gasteiger partial charge in [0, 0.05) is 18.9 Å². The van der Waals surface area contributed by atoms with Crippen molar-refractivity contribution in [3.63, 3.8) is 0 Å². The molecule has 0 bridgehead atoms. The maximum Gasteiger partial charge on any atom is 0.252 e. The molecular formula is C14H16N2O2. The summed E-state index contributed by atoms with van der Waals surface area (Å²) in [4.78, 5) is 15.9. The number of aliphatic hydroxyl groups excluding tert-OH is 1. The van der Waals surface area contributed by atoms with Gasteiger partial charge in [0.15, 0.2) is 0 Å². The number of nitrogens with one attached hydrogen (secondary N) is 1. The average Bonchev–Trinajstić information content (AvgIpc) is 3.20. The van der Waals surface area contributed by atoms with Crippen LogP contribution in [0.25, 0.3) is 0 Å². The number of aromatic nitrogens is 1. The lowest BCUT2D eigenvalue weighted by Gasteiger charge is -2.06. The first-order chi connectivity index (χ1) is 8.81. The highest BCUT2D eigenvalue weighted by molar-refractivity contribution is 5.96. The van der Waals surface area contributed by atoms with Crippen molar-refractivity contribution in [3.8, 4) is 11.8 Å². The Balaban J connectivity index is 1.98. The zero-order valence-corrected chi connectivity index (χ0v) is 10.1. The normalized spacial score (nSPS) is 13.6. The van der Waals surface area contributed by atoms with E-state index in [4.69, 9.17) is 5.11 Å². The molecule has 2 rings (SSSR count). The van der Waals surface area contributed by atoms with E-state index in [2.05, 4.69) is 22.1 Å². The summed E-state index contributed by atoms with van der Waals surface area (Å²) in [5.74, 6) is 5.94. The molecule has 1 aromatic heterocycles. The summed E-state index contributed by atoms with van der Waals surface area (Å²) in [5.41, 5.74) is 1.07. The lowest BCUT2D eigenvalue weighted by Crippen LogP contribution is -2.25. The van der Waals surface area contributed by atoms with Gasteiger partial charge in [-0.15, -0.1) is 0 Å². The summed E-state index contributed by atoms with van der Waals surface area (Å²) in [7, 11) is 0. The minimum Gasteiger partial charge on any atom is -0.384 e. The summed E-state index contributed by atoms with van der Waals surface area (Å²) in [5, 5.41) is 11.6. The zero-order chi connectivity index (χ0) is 12.8. The van der Waals surface area contributed by atoms with Gasteiger partial charge in [0.05, 0.1) is 11.1 Å². The van der Waals surface area contributed by atoms with Crippen LogP contribution in [0.4, 0.5) is 0 Å². The van der Waals surface area contributed by atoms with E-state index < -0.39 is 0 Å². The molecule has 0 unspecified atom stereocenters. The average molecular weight is 244 g/mol. The first kappa shape index (κ1) is 12.6. The van der Waals surface area contributed by atoms with E-state index in [1.165, 1.54) is 12.8 Å². The van der Waals surface area contributed by atoms with Gasteiger partial charge in [-0.25, -0.2) is 0 Å². The Labute approximate surface area is 106 Å². The van der Waals surface area contributed by atoms with Crippen molar-refractivity contribution < 1.29 is 9.90 Å². The highest BCUT2D eigenvalue weighted by atomic mass is 16.2. The standard InChI is InChI=1S/C14H16N2O2/c17-9-1-2-12-10-15-7-6-13(12)14(18)16-8-5-11-3-4-11/h6-7,10-11,17H,3-5,8-9H2,(H,16,18). The number of carbonyl (C=O) groups is 1. The van der Waals surface area contributed by atoms with Crippen molar-refractivity contribution in [1.29, 1.82) is 0 Å². The van der Waals surface area contributed by atoms with Crippen LogP contribution in [0.1, 0.15) is 35.2 Å². The Morgan fingerprint density at radius 2 is 2.39 bits per heavy atom. The Morgan fingerprint density at radius 1 is 1.56 bits per heavy atom. The van der Waals surface area contributed by atoms with Gasteiger partial charge < -0.3 is 10.4 Å². The number of amides is 1. The molecule has 1 amide bonds.